The van der Waals surface area contributed by atoms with E-state index in [2.05, 4.69) is 15.1 Å². The molecule has 0 spiro atoms. The minimum atomic E-state index is -0.773. The van der Waals surface area contributed by atoms with Gasteiger partial charge in [0.05, 0.1) is 11.3 Å². The molecule has 3 saturated heterocycles. The zero-order chi connectivity index (χ0) is 30.7. The van der Waals surface area contributed by atoms with Gasteiger partial charge in [0.15, 0.2) is 6.29 Å². The van der Waals surface area contributed by atoms with E-state index in [1.165, 1.54) is 18.0 Å². The van der Waals surface area contributed by atoms with Crippen LogP contribution in [0.25, 0.3) is 0 Å². The molecule has 0 bridgehead atoms. The van der Waals surface area contributed by atoms with Gasteiger partial charge in [0.25, 0.3) is 5.91 Å². The average molecular weight is 593 g/mol. The third kappa shape index (κ3) is 6.69. The first-order valence-electron chi connectivity index (χ1n) is 14.7. The maximum absolute atomic E-state index is 14.6. The Morgan fingerprint density at radius 2 is 1.72 bits per heavy atom. The Kier molecular flexibility index (Phi) is 9.05. The van der Waals surface area contributed by atoms with Crippen molar-refractivity contribution in [3.05, 3.63) is 58.9 Å². The van der Waals surface area contributed by atoms with Crippen LogP contribution in [-0.2, 0) is 9.59 Å². The van der Waals surface area contributed by atoms with Crippen LogP contribution in [0.15, 0.2) is 36.4 Å². The maximum atomic E-state index is 14.6. The number of carbonyl (C=O) groups excluding carboxylic acids is 5. The number of amides is 4. The number of hydrogen-bond acceptors (Lipinski definition) is 8. The van der Waals surface area contributed by atoms with Crippen LogP contribution in [0.2, 0.25) is 0 Å². The number of aldehydes is 1. The lowest BCUT2D eigenvalue weighted by atomic mass is 9.95. The van der Waals surface area contributed by atoms with Gasteiger partial charge in [-0.25, -0.2) is 4.39 Å². The van der Waals surface area contributed by atoms with Crippen molar-refractivity contribution in [3.63, 3.8) is 0 Å². The van der Waals surface area contributed by atoms with Crippen molar-refractivity contribution >= 4 is 41.3 Å². The standard InChI is InChI=1S/C31H37FN6O5/c1-35(27-6-7-28(40)34-30(27)42)31(43)24-17-23(4-2-22(24)19-39)37-14-12-36(13-15-37)18-20-8-10-38(11-9-20)26-5-3-21(29(33)41)16-25(26)32/h2-5,16-17,19-20,27H,6-15,18H2,1H3,(H2,33,41)(H,34,40,42). The zero-order valence-electron chi connectivity index (χ0n) is 24.3. The molecule has 1 unspecified atom stereocenters. The molecule has 2 aromatic rings. The predicted octanol–water partition coefficient (Wildman–Crippen LogP) is 1.65. The van der Waals surface area contributed by atoms with Gasteiger partial charge in [-0.05, 0) is 61.6 Å². The first-order chi connectivity index (χ1) is 20.6. The van der Waals surface area contributed by atoms with Crippen LogP contribution in [0, 0.1) is 11.7 Å². The number of benzene rings is 2. The summed E-state index contributed by atoms with van der Waals surface area (Å²) in [5.41, 5.74) is 7.24. The zero-order valence-corrected chi connectivity index (χ0v) is 24.3. The van der Waals surface area contributed by atoms with Gasteiger partial charge in [0, 0.05) is 76.1 Å². The van der Waals surface area contributed by atoms with E-state index in [-0.39, 0.29) is 35.4 Å². The number of nitrogens with two attached hydrogens (primary N) is 1. The highest BCUT2D eigenvalue weighted by Crippen LogP contribution is 2.28. The van der Waals surface area contributed by atoms with Crippen LogP contribution in [0.4, 0.5) is 15.8 Å². The monoisotopic (exact) mass is 592 g/mol. The Balaban J connectivity index is 1.15. The Labute approximate surface area is 249 Å². The second kappa shape index (κ2) is 12.9. The lowest BCUT2D eigenvalue weighted by Gasteiger charge is -2.40. The quantitative estimate of drug-likeness (QED) is 0.349. The first-order valence-corrected chi connectivity index (χ1v) is 14.7. The van der Waals surface area contributed by atoms with Crippen LogP contribution in [0.5, 0.6) is 0 Å². The molecule has 3 aliphatic rings. The molecule has 0 radical (unpaired) electrons. The van der Waals surface area contributed by atoms with Gasteiger partial charge in [-0.3, -0.25) is 34.2 Å². The minimum absolute atomic E-state index is 0.155. The van der Waals surface area contributed by atoms with E-state index >= 15 is 0 Å². The summed E-state index contributed by atoms with van der Waals surface area (Å²) in [6.45, 7) is 5.64. The Hall–Kier alpha value is -4.32. The van der Waals surface area contributed by atoms with E-state index in [1.807, 2.05) is 11.0 Å². The van der Waals surface area contributed by atoms with E-state index in [4.69, 9.17) is 5.73 Å². The molecule has 4 amide bonds. The summed E-state index contributed by atoms with van der Waals surface area (Å²) in [4.78, 5) is 68.2. The number of primary amides is 1. The number of nitrogens with zero attached hydrogens (tertiary/aromatic N) is 4. The molecule has 2 aromatic carbocycles. The molecule has 11 nitrogen and oxygen atoms in total. The molecule has 5 rings (SSSR count). The topological polar surface area (TPSA) is 136 Å². The number of nitrogens with one attached hydrogen (secondary N) is 1. The van der Waals surface area contributed by atoms with E-state index < -0.39 is 29.6 Å². The number of likely N-dealkylation sites (N-methyl/N-ethyl adjacent to an activating group) is 1. The summed E-state index contributed by atoms with van der Waals surface area (Å²) in [7, 11) is 1.52. The van der Waals surface area contributed by atoms with Gasteiger partial charge in [-0.2, -0.15) is 0 Å². The van der Waals surface area contributed by atoms with Gasteiger partial charge < -0.3 is 20.4 Å². The Morgan fingerprint density at radius 3 is 2.35 bits per heavy atom. The predicted molar refractivity (Wildman–Crippen MR) is 159 cm³/mol. The normalized spacial score (nSPS) is 20.1. The fourth-order valence-electron chi connectivity index (χ4n) is 6.24. The van der Waals surface area contributed by atoms with E-state index in [0.717, 1.165) is 64.3 Å². The highest BCUT2D eigenvalue weighted by atomic mass is 19.1. The largest absolute Gasteiger partial charge is 0.369 e. The van der Waals surface area contributed by atoms with Crippen molar-refractivity contribution in [1.82, 2.24) is 15.1 Å². The average Bonchev–Trinajstić information content (AvgIpc) is 3.01. The third-order valence-corrected chi connectivity index (χ3v) is 8.83. The maximum Gasteiger partial charge on any atom is 0.255 e. The van der Waals surface area contributed by atoms with Crippen molar-refractivity contribution < 1.29 is 28.4 Å². The molecule has 3 aliphatic heterocycles. The van der Waals surface area contributed by atoms with Gasteiger partial charge in [0.1, 0.15) is 11.9 Å². The van der Waals surface area contributed by atoms with Crippen molar-refractivity contribution in [2.24, 2.45) is 11.7 Å². The number of rotatable bonds is 8. The smallest absolute Gasteiger partial charge is 0.255 e. The molecular weight excluding hydrogens is 555 g/mol. The molecule has 1 atom stereocenters. The van der Waals surface area contributed by atoms with Gasteiger partial charge in [-0.15, -0.1) is 0 Å². The molecule has 12 heteroatoms. The number of piperazine rings is 1. The lowest BCUT2D eigenvalue weighted by Crippen LogP contribution is -2.53. The van der Waals surface area contributed by atoms with Crippen LogP contribution in [0.3, 0.4) is 0 Å². The van der Waals surface area contributed by atoms with Crippen molar-refractivity contribution in [3.8, 4) is 0 Å². The summed E-state index contributed by atoms with van der Waals surface area (Å²) < 4.78 is 14.6. The van der Waals surface area contributed by atoms with Gasteiger partial charge in [0.2, 0.25) is 17.7 Å². The summed E-state index contributed by atoms with van der Waals surface area (Å²) in [6, 6.07) is 8.81. The van der Waals surface area contributed by atoms with Crippen LogP contribution in [0.1, 0.15) is 56.8 Å². The number of piperidine rings is 2. The second-order valence-corrected chi connectivity index (χ2v) is 11.5. The molecule has 0 saturated carbocycles. The Morgan fingerprint density at radius 1 is 1.00 bits per heavy atom. The highest BCUT2D eigenvalue weighted by Gasteiger charge is 2.33. The number of anilines is 2. The summed E-state index contributed by atoms with van der Waals surface area (Å²) in [6.07, 6.45) is 2.92. The molecule has 0 aromatic heterocycles. The molecule has 0 aliphatic carbocycles. The number of carbonyl (C=O) groups is 5. The third-order valence-electron chi connectivity index (χ3n) is 8.83. The fraction of sp³-hybridized carbons (Fsp3) is 0.452. The second-order valence-electron chi connectivity index (χ2n) is 11.5. The van der Waals surface area contributed by atoms with Crippen LogP contribution >= 0.6 is 0 Å². The molecule has 3 N–H and O–H groups in total. The minimum Gasteiger partial charge on any atom is -0.369 e. The van der Waals surface area contributed by atoms with Crippen molar-refractivity contribution in [2.45, 2.75) is 31.7 Å². The Bertz CT molecular complexity index is 1420. The van der Waals surface area contributed by atoms with Crippen molar-refractivity contribution in [1.29, 1.82) is 0 Å². The summed E-state index contributed by atoms with van der Waals surface area (Å²) in [5.74, 6) is -1.88. The van der Waals surface area contributed by atoms with Crippen LogP contribution in [-0.4, -0.2) is 98.6 Å². The number of hydrogen-bond donors (Lipinski definition) is 2. The van der Waals surface area contributed by atoms with Crippen LogP contribution < -0.4 is 20.9 Å². The van der Waals surface area contributed by atoms with E-state index in [0.29, 0.717) is 17.9 Å². The highest BCUT2D eigenvalue weighted by molar-refractivity contribution is 6.06. The molecule has 3 fully saturated rings. The lowest BCUT2D eigenvalue weighted by molar-refractivity contribution is -0.136. The SMILES string of the molecule is CN(C(=O)c1cc(N2CCN(CC3CCN(c4ccc(C(N)=O)cc4F)CC3)CC2)ccc1C=O)C1CCC(=O)NC1=O. The molecule has 228 valence electrons. The molecular formula is C31H37FN6O5. The van der Waals surface area contributed by atoms with Gasteiger partial charge in [-0.1, -0.05) is 0 Å². The van der Waals surface area contributed by atoms with E-state index in [1.54, 1.807) is 24.3 Å². The molecule has 43 heavy (non-hydrogen) atoms. The summed E-state index contributed by atoms with van der Waals surface area (Å²) in [5, 5.41) is 2.27. The number of imide groups is 1. The molecule has 3 heterocycles. The number of halogens is 1. The fourth-order valence-corrected chi connectivity index (χ4v) is 6.24. The van der Waals surface area contributed by atoms with Crippen molar-refractivity contribution in [2.75, 3.05) is 62.7 Å². The van der Waals surface area contributed by atoms with Gasteiger partial charge >= 0.3 is 0 Å². The first kappa shape index (κ1) is 30.1. The summed E-state index contributed by atoms with van der Waals surface area (Å²) >= 11 is 0. The van der Waals surface area contributed by atoms with E-state index in [9.17, 15) is 28.4 Å².